The Balaban J connectivity index is 3.87. The predicted molar refractivity (Wildman–Crippen MR) is 90.9 cm³/mol. The van der Waals surface area contributed by atoms with Gasteiger partial charge >= 0.3 is 8.80 Å². The lowest BCUT2D eigenvalue weighted by Gasteiger charge is -2.28. The average Bonchev–Trinajstić information content (AvgIpc) is 2.52. The zero-order valence-corrected chi connectivity index (χ0v) is 16.4. The topological polar surface area (TPSA) is 39.7 Å². The summed E-state index contributed by atoms with van der Waals surface area (Å²) in [6.07, 6.45) is 3.26. The van der Waals surface area contributed by atoms with Crippen LogP contribution in [0.15, 0.2) is 0 Å². The van der Waals surface area contributed by atoms with Crippen molar-refractivity contribution in [3.63, 3.8) is 0 Å². The van der Waals surface area contributed by atoms with E-state index < -0.39 is 16.9 Å². The largest absolute Gasteiger partial charge is 0.514 e. The minimum atomic E-state index is -2.44. The lowest BCUT2D eigenvalue weighted by atomic mass is 10.3. The van der Waals surface area contributed by atoms with Crippen molar-refractivity contribution in [1.29, 1.82) is 0 Å². The molecule has 0 amide bonds. The molecule has 0 bridgehead atoms. The van der Waals surface area contributed by atoms with Crippen LogP contribution in [-0.2, 0) is 13.3 Å². The van der Waals surface area contributed by atoms with Gasteiger partial charge in [0.2, 0.25) is 0 Å². The lowest BCUT2D eigenvalue weighted by molar-refractivity contribution is 0.122. The highest BCUT2D eigenvalue weighted by molar-refractivity contribution is 6.79. The molecular formula is C14H35NO3Si2. The third kappa shape index (κ3) is 6.36. The van der Waals surface area contributed by atoms with Crippen LogP contribution in [0.4, 0.5) is 0 Å². The zero-order valence-electron chi connectivity index (χ0n) is 14.4. The molecule has 0 aliphatic rings. The van der Waals surface area contributed by atoms with Crippen LogP contribution >= 0.6 is 0 Å². The Morgan fingerprint density at radius 1 is 0.800 bits per heavy atom. The molecule has 1 N–H and O–H groups in total. The average molecular weight is 322 g/mol. The van der Waals surface area contributed by atoms with Crippen molar-refractivity contribution in [3.05, 3.63) is 0 Å². The SMILES string of the molecule is CC[Si](CC)(CC)CCCCNC[Si](OC)(OC)OC. The molecule has 0 radical (unpaired) electrons. The van der Waals surface area contributed by atoms with Crippen LogP contribution in [0, 0.1) is 0 Å². The van der Waals surface area contributed by atoms with E-state index in [4.69, 9.17) is 13.3 Å². The van der Waals surface area contributed by atoms with Crippen molar-refractivity contribution in [2.24, 2.45) is 0 Å². The summed E-state index contributed by atoms with van der Waals surface area (Å²) in [5.41, 5.74) is 0. The Hall–Kier alpha value is 0.274. The van der Waals surface area contributed by atoms with Crippen LogP contribution in [0.5, 0.6) is 0 Å². The van der Waals surface area contributed by atoms with E-state index in [2.05, 4.69) is 26.1 Å². The first kappa shape index (κ1) is 20.3. The summed E-state index contributed by atoms with van der Waals surface area (Å²) in [6.45, 7) is 8.17. The molecule has 0 aromatic heterocycles. The quantitative estimate of drug-likeness (QED) is 0.417. The molecule has 0 fully saturated rings. The molecule has 0 heterocycles. The molecule has 0 aromatic carbocycles. The Labute approximate surface area is 128 Å². The number of hydrogen-bond donors (Lipinski definition) is 1. The number of unbranched alkanes of at least 4 members (excludes halogenated alkanes) is 1. The predicted octanol–water partition coefficient (Wildman–Crippen LogP) is 3.28. The second-order valence-corrected chi connectivity index (χ2v) is 14.1. The Bertz CT molecular complexity index is 194. The monoisotopic (exact) mass is 321 g/mol. The van der Waals surface area contributed by atoms with Crippen molar-refractivity contribution in [1.82, 2.24) is 5.32 Å². The molecule has 0 spiro atoms. The number of hydrogen-bond acceptors (Lipinski definition) is 4. The third-order valence-electron chi connectivity index (χ3n) is 4.84. The summed E-state index contributed by atoms with van der Waals surface area (Å²) in [7, 11) is 1.61. The first-order valence-electron chi connectivity index (χ1n) is 7.93. The molecule has 122 valence electrons. The van der Waals surface area contributed by atoms with Crippen LogP contribution in [0.3, 0.4) is 0 Å². The summed E-state index contributed by atoms with van der Waals surface area (Å²) < 4.78 is 16.2. The summed E-state index contributed by atoms with van der Waals surface area (Å²) in [6, 6.07) is 5.76. The smallest absolute Gasteiger partial charge is 0.376 e. The number of nitrogens with one attached hydrogen (secondary N) is 1. The van der Waals surface area contributed by atoms with Gasteiger partial charge in [-0.25, -0.2) is 0 Å². The fourth-order valence-corrected chi connectivity index (χ4v) is 7.71. The molecule has 0 unspecified atom stereocenters. The Morgan fingerprint density at radius 3 is 1.70 bits per heavy atom. The van der Waals surface area contributed by atoms with Crippen LogP contribution in [0.1, 0.15) is 33.6 Å². The van der Waals surface area contributed by atoms with E-state index in [0.29, 0.717) is 6.17 Å². The van der Waals surface area contributed by atoms with Crippen LogP contribution in [0.25, 0.3) is 0 Å². The fraction of sp³-hybridized carbons (Fsp3) is 1.00. The van der Waals surface area contributed by atoms with E-state index in [-0.39, 0.29) is 0 Å². The highest BCUT2D eigenvalue weighted by atomic mass is 28.4. The minimum Gasteiger partial charge on any atom is -0.376 e. The maximum Gasteiger partial charge on any atom is 0.514 e. The zero-order chi connectivity index (χ0) is 15.5. The summed E-state index contributed by atoms with van der Waals surface area (Å²) in [4.78, 5) is 0. The molecule has 6 heteroatoms. The van der Waals surface area contributed by atoms with Gasteiger partial charge in [0.15, 0.2) is 0 Å². The molecule has 0 atom stereocenters. The summed E-state index contributed by atoms with van der Waals surface area (Å²) >= 11 is 0. The van der Waals surface area contributed by atoms with Crippen molar-refractivity contribution in [2.45, 2.75) is 57.8 Å². The minimum absolute atomic E-state index is 0.689. The van der Waals surface area contributed by atoms with Crippen molar-refractivity contribution >= 4 is 16.9 Å². The summed E-state index contributed by atoms with van der Waals surface area (Å²) in [5, 5.41) is 3.42. The van der Waals surface area contributed by atoms with Gasteiger partial charge in [-0.05, 0) is 13.0 Å². The molecular weight excluding hydrogens is 286 g/mol. The van der Waals surface area contributed by atoms with Gasteiger partial charge in [-0.3, -0.25) is 0 Å². The van der Waals surface area contributed by atoms with E-state index in [1.807, 2.05) is 0 Å². The Morgan fingerprint density at radius 2 is 1.30 bits per heavy atom. The second kappa shape index (κ2) is 10.9. The van der Waals surface area contributed by atoms with Gasteiger partial charge in [-0.2, -0.15) is 0 Å². The maximum absolute atomic E-state index is 5.39. The van der Waals surface area contributed by atoms with E-state index in [9.17, 15) is 0 Å². The van der Waals surface area contributed by atoms with Crippen molar-refractivity contribution in [2.75, 3.05) is 34.0 Å². The second-order valence-electron chi connectivity index (χ2n) is 5.49. The third-order valence-corrected chi connectivity index (χ3v) is 13.3. The standard InChI is InChI=1S/C14H35NO3Si2/c1-7-19(8-2,9-3)13-11-10-12-15-14-20(16-4,17-5)18-6/h15H,7-14H2,1-6H3. The van der Waals surface area contributed by atoms with Crippen LogP contribution in [0.2, 0.25) is 24.2 Å². The molecule has 0 rings (SSSR count). The van der Waals surface area contributed by atoms with Gasteiger partial charge in [0.1, 0.15) is 0 Å². The summed E-state index contributed by atoms with van der Waals surface area (Å²) in [5.74, 6) is 0. The Kier molecular flexibility index (Phi) is 11.1. The maximum atomic E-state index is 5.39. The van der Waals surface area contributed by atoms with E-state index in [1.165, 1.54) is 37.0 Å². The van der Waals surface area contributed by atoms with Gasteiger partial charge in [-0.1, -0.05) is 51.4 Å². The first-order valence-corrected chi connectivity index (χ1v) is 12.7. The van der Waals surface area contributed by atoms with E-state index >= 15 is 0 Å². The van der Waals surface area contributed by atoms with Gasteiger partial charge < -0.3 is 18.6 Å². The van der Waals surface area contributed by atoms with E-state index in [0.717, 1.165) is 6.54 Å². The van der Waals surface area contributed by atoms with Crippen LogP contribution < -0.4 is 5.32 Å². The van der Waals surface area contributed by atoms with Gasteiger partial charge in [0, 0.05) is 21.3 Å². The molecule has 0 aliphatic heterocycles. The molecule has 0 aliphatic carbocycles. The van der Waals surface area contributed by atoms with Gasteiger partial charge in [0.25, 0.3) is 0 Å². The highest BCUT2D eigenvalue weighted by Crippen LogP contribution is 2.26. The fourth-order valence-electron chi connectivity index (χ4n) is 2.74. The van der Waals surface area contributed by atoms with Crippen LogP contribution in [-0.4, -0.2) is 50.9 Å². The lowest BCUT2D eigenvalue weighted by Crippen LogP contribution is -2.52. The van der Waals surface area contributed by atoms with E-state index in [1.54, 1.807) is 21.3 Å². The van der Waals surface area contributed by atoms with Crippen molar-refractivity contribution in [3.8, 4) is 0 Å². The molecule has 0 aromatic rings. The highest BCUT2D eigenvalue weighted by Gasteiger charge is 2.37. The normalized spacial score (nSPS) is 12.9. The van der Waals surface area contributed by atoms with Gasteiger partial charge in [-0.15, -0.1) is 0 Å². The molecule has 0 saturated heterocycles. The molecule has 20 heavy (non-hydrogen) atoms. The number of rotatable bonds is 13. The first-order chi connectivity index (χ1) is 9.57. The molecule has 4 nitrogen and oxygen atoms in total. The van der Waals surface area contributed by atoms with Gasteiger partial charge in [0.05, 0.1) is 14.2 Å². The molecule has 0 saturated carbocycles. The van der Waals surface area contributed by atoms with Crippen molar-refractivity contribution < 1.29 is 13.3 Å².